The maximum Gasteiger partial charge on any atom is 0.165 e. The second-order valence-electron chi connectivity index (χ2n) is 9.14. The maximum absolute atomic E-state index is 14.6. The van der Waals surface area contributed by atoms with E-state index in [1.807, 2.05) is 6.07 Å². The van der Waals surface area contributed by atoms with E-state index in [0.29, 0.717) is 18.3 Å². The van der Waals surface area contributed by atoms with Gasteiger partial charge in [0.15, 0.2) is 11.6 Å². The monoisotopic (exact) mass is 410 g/mol. The van der Waals surface area contributed by atoms with Crippen LogP contribution in [0.5, 0.6) is 5.75 Å². The number of aryl methyl sites for hydroxylation is 1. The Morgan fingerprint density at radius 3 is 2.17 bits per heavy atom. The van der Waals surface area contributed by atoms with Gasteiger partial charge in [-0.25, -0.2) is 4.39 Å². The summed E-state index contributed by atoms with van der Waals surface area (Å²) in [5, 5.41) is 0. The Labute approximate surface area is 183 Å². The molecular weight excluding hydrogens is 371 g/mol. The molecule has 0 radical (unpaired) electrons. The highest BCUT2D eigenvalue weighted by atomic mass is 19.1. The van der Waals surface area contributed by atoms with Gasteiger partial charge in [0.05, 0.1) is 6.61 Å². The Hall–Kier alpha value is -1.83. The van der Waals surface area contributed by atoms with Crippen LogP contribution in [0.4, 0.5) is 4.39 Å². The van der Waals surface area contributed by atoms with Crippen LogP contribution in [-0.2, 0) is 6.42 Å². The van der Waals surface area contributed by atoms with Crippen molar-refractivity contribution in [2.45, 2.75) is 84.5 Å². The molecule has 164 valence electrons. The molecule has 0 aliphatic heterocycles. The molecule has 2 aromatic rings. The summed E-state index contributed by atoms with van der Waals surface area (Å²) < 4.78 is 20.5. The summed E-state index contributed by atoms with van der Waals surface area (Å²) in [6.45, 7) is 5.10. The normalized spacial score (nSPS) is 19.0. The third kappa shape index (κ3) is 6.86. The molecule has 2 aromatic carbocycles. The molecule has 0 unspecified atom stereocenters. The molecule has 0 aromatic heterocycles. The van der Waals surface area contributed by atoms with Crippen molar-refractivity contribution in [3.05, 3.63) is 53.8 Å². The minimum absolute atomic E-state index is 0.255. The fraction of sp³-hybridized carbons (Fsp3) is 0.571. The summed E-state index contributed by atoms with van der Waals surface area (Å²) >= 11 is 0. The lowest BCUT2D eigenvalue weighted by molar-refractivity contribution is 0.173. The lowest BCUT2D eigenvalue weighted by Crippen LogP contribution is -2.20. The summed E-state index contributed by atoms with van der Waals surface area (Å²) in [6, 6.07) is 13.8. The third-order valence-corrected chi connectivity index (χ3v) is 6.66. The van der Waals surface area contributed by atoms with E-state index >= 15 is 0 Å². The van der Waals surface area contributed by atoms with Gasteiger partial charge < -0.3 is 4.74 Å². The van der Waals surface area contributed by atoms with Gasteiger partial charge in [-0.05, 0) is 59.9 Å². The first-order valence-electron chi connectivity index (χ1n) is 12.2. The number of hydrogen-bond donors (Lipinski definition) is 0. The van der Waals surface area contributed by atoms with Gasteiger partial charge in [0.2, 0.25) is 0 Å². The lowest BCUT2D eigenvalue weighted by atomic mass is 9.80. The minimum Gasteiger partial charge on any atom is -0.490 e. The van der Waals surface area contributed by atoms with Crippen molar-refractivity contribution in [1.29, 1.82) is 0 Å². The Balaban J connectivity index is 1.45. The van der Waals surface area contributed by atoms with Gasteiger partial charge in [-0.2, -0.15) is 0 Å². The fourth-order valence-corrected chi connectivity index (χ4v) is 4.70. The summed E-state index contributed by atoms with van der Waals surface area (Å²) in [4.78, 5) is 0. The van der Waals surface area contributed by atoms with E-state index in [2.05, 4.69) is 38.1 Å². The highest BCUT2D eigenvalue weighted by molar-refractivity contribution is 5.64. The average molecular weight is 411 g/mol. The van der Waals surface area contributed by atoms with Crippen LogP contribution in [0.2, 0.25) is 0 Å². The van der Waals surface area contributed by atoms with E-state index in [4.69, 9.17) is 4.74 Å². The van der Waals surface area contributed by atoms with E-state index in [1.165, 1.54) is 63.4 Å². The topological polar surface area (TPSA) is 9.23 Å². The van der Waals surface area contributed by atoms with Crippen LogP contribution in [0, 0.1) is 17.7 Å². The molecule has 0 spiro atoms. The maximum atomic E-state index is 14.6. The molecule has 0 bridgehead atoms. The molecule has 0 saturated heterocycles. The average Bonchev–Trinajstić information content (AvgIpc) is 2.77. The van der Waals surface area contributed by atoms with Gasteiger partial charge in [0, 0.05) is 0 Å². The van der Waals surface area contributed by atoms with Crippen LogP contribution in [0.15, 0.2) is 42.5 Å². The highest BCUT2D eigenvalue weighted by Crippen LogP contribution is 2.33. The SMILES string of the molecule is CCCCCCC1CCC(COc2ccc(-c3ccc(CCC)cc3)cc2F)CC1. The van der Waals surface area contributed by atoms with Crippen molar-refractivity contribution in [3.63, 3.8) is 0 Å². The molecule has 2 heteroatoms. The van der Waals surface area contributed by atoms with Crippen molar-refractivity contribution >= 4 is 0 Å². The Bertz CT molecular complexity index is 744. The summed E-state index contributed by atoms with van der Waals surface area (Å²) in [6.07, 6.45) is 14.2. The Morgan fingerprint density at radius 1 is 0.800 bits per heavy atom. The van der Waals surface area contributed by atoms with Gasteiger partial charge in [-0.1, -0.05) is 95.5 Å². The van der Waals surface area contributed by atoms with E-state index in [1.54, 1.807) is 12.1 Å². The highest BCUT2D eigenvalue weighted by Gasteiger charge is 2.21. The van der Waals surface area contributed by atoms with Crippen LogP contribution in [0.25, 0.3) is 11.1 Å². The first-order chi connectivity index (χ1) is 14.7. The van der Waals surface area contributed by atoms with Gasteiger partial charge in [0.1, 0.15) is 0 Å². The second-order valence-corrected chi connectivity index (χ2v) is 9.14. The van der Waals surface area contributed by atoms with E-state index in [0.717, 1.165) is 29.9 Å². The second kappa shape index (κ2) is 12.1. The zero-order valence-corrected chi connectivity index (χ0v) is 19.0. The Morgan fingerprint density at radius 2 is 1.50 bits per heavy atom. The standard InChI is InChI=1S/C28H39FO/c1-3-5-6-7-9-23-10-12-24(13-11-23)21-30-28-19-18-26(20-27(28)29)25-16-14-22(8-4-2)15-17-25/h14-20,23-24H,3-13,21H2,1-2H3. The molecular formula is C28H39FO. The van der Waals surface area contributed by atoms with Gasteiger partial charge in [-0.3, -0.25) is 0 Å². The number of hydrogen-bond acceptors (Lipinski definition) is 1. The quantitative estimate of drug-likeness (QED) is 0.337. The van der Waals surface area contributed by atoms with Crippen molar-refractivity contribution in [2.75, 3.05) is 6.61 Å². The largest absolute Gasteiger partial charge is 0.490 e. The smallest absolute Gasteiger partial charge is 0.165 e. The molecule has 1 nitrogen and oxygen atoms in total. The van der Waals surface area contributed by atoms with Crippen LogP contribution in [0.1, 0.15) is 83.6 Å². The predicted octanol–water partition coefficient (Wildman–Crippen LogP) is 8.60. The van der Waals surface area contributed by atoms with Gasteiger partial charge in [-0.15, -0.1) is 0 Å². The molecule has 0 N–H and O–H groups in total. The minimum atomic E-state index is -0.255. The summed E-state index contributed by atoms with van der Waals surface area (Å²) in [5.41, 5.74) is 3.29. The number of halogens is 1. The predicted molar refractivity (Wildman–Crippen MR) is 126 cm³/mol. The zero-order valence-electron chi connectivity index (χ0n) is 19.0. The van der Waals surface area contributed by atoms with Crippen molar-refractivity contribution in [3.8, 4) is 16.9 Å². The van der Waals surface area contributed by atoms with E-state index in [-0.39, 0.29) is 5.82 Å². The number of benzene rings is 2. The van der Waals surface area contributed by atoms with E-state index in [9.17, 15) is 4.39 Å². The van der Waals surface area contributed by atoms with Crippen molar-refractivity contribution < 1.29 is 9.13 Å². The number of rotatable bonds is 11. The molecule has 1 saturated carbocycles. The Kier molecular flexibility index (Phi) is 9.24. The van der Waals surface area contributed by atoms with Gasteiger partial charge >= 0.3 is 0 Å². The van der Waals surface area contributed by atoms with Crippen LogP contribution in [0.3, 0.4) is 0 Å². The fourth-order valence-electron chi connectivity index (χ4n) is 4.70. The molecule has 1 aliphatic carbocycles. The summed E-state index contributed by atoms with van der Waals surface area (Å²) in [5.74, 6) is 1.61. The lowest BCUT2D eigenvalue weighted by Gasteiger charge is -2.28. The first kappa shape index (κ1) is 22.8. The molecule has 0 atom stereocenters. The zero-order chi connectivity index (χ0) is 21.2. The van der Waals surface area contributed by atoms with Crippen LogP contribution in [-0.4, -0.2) is 6.61 Å². The molecule has 30 heavy (non-hydrogen) atoms. The molecule has 0 heterocycles. The summed E-state index contributed by atoms with van der Waals surface area (Å²) in [7, 11) is 0. The molecule has 0 amide bonds. The van der Waals surface area contributed by atoms with Gasteiger partial charge in [0.25, 0.3) is 0 Å². The molecule has 1 fully saturated rings. The van der Waals surface area contributed by atoms with Crippen molar-refractivity contribution in [2.24, 2.45) is 11.8 Å². The van der Waals surface area contributed by atoms with E-state index < -0.39 is 0 Å². The van der Waals surface area contributed by atoms with Crippen LogP contribution >= 0.6 is 0 Å². The first-order valence-corrected chi connectivity index (χ1v) is 12.2. The third-order valence-electron chi connectivity index (χ3n) is 6.66. The molecule has 3 rings (SSSR count). The van der Waals surface area contributed by atoms with Crippen molar-refractivity contribution in [1.82, 2.24) is 0 Å². The number of unbranched alkanes of at least 4 members (excludes halogenated alkanes) is 3. The van der Waals surface area contributed by atoms with Crippen LogP contribution < -0.4 is 4.74 Å². The molecule has 1 aliphatic rings. The number of ether oxygens (including phenoxy) is 1.